The number of rotatable bonds is 4. The van der Waals surface area contributed by atoms with Gasteiger partial charge in [-0.25, -0.2) is 0 Å². The summed E-state index contributed by atoms with van der Waals surface area (Å²) in [4.78, 5) is 0. The third-order valence-electron chi connectivity index (χ3n) is 3.54. The number of ether oxygens (including phenoxy) is 1. The Morgan fingerprint density at radius 3 is 2.31 bits per heavy atom. The molecule has 1 heterocycles. The van der Waals surface area contributed by atoms with E-state index in [1.807, 2.05) is 0 Å². The minimum absolute atomic E-state index is 0.939. The van der Waals surface area contributed by atoms with Crippen LogP contribution in [0.3, 0.4) is 0 Å². The molecule has 0 spiro atoms. The Bertz CT molecular complexity index is 150. The molecule has 1 unspecified atom stereocenters. The van der Waals surface area contributed by atoms with Crippen LogP contribution in [-0.4, -0.2) is 26.8 Å². The van der Waals surface area contributed by atoms with Crippen molar-refractivity contribution in [1.29, 1.82) is 0 Å². The zero-order valence-electron chi connectivity index (χ0n) is 8.59. The first kappa shape index (κ1) is 9.47. The van der Waals surface area contributed by atoms with Crippen LogP contribution in [0.5, 0.6) is 0 Å². The lowest BCUT2D eigenvalue weighted by Gasteiger charge is -2.30. The van der Waals surface area contributed by atoms with Gasteiger partial charge in [0.15, 0.2) is 0 Å². The first-order chi connectivity index (χ1) is 6.42. The van der Waals surface area contributed by atoms with Crippen molar-refractivity contribution in [2.24, 2.45) is 17.8 Å². The monoisotopic (exact) mass is 183 g/mol. The second-order valence-corrected chi connectivity index (χ2v) is 4.51. The summed E-state index contributed by atoms with van der Waals surface area (Å²) in [7, 11) is 2.08. The van der Waals surface area contributed by atoms with Gasteiger partial charge in [-0.1, -0.05) is 0 Å². The summed E-state index contributed by atoms with van der Waals surface area (Å²) in [5.74, 6) is 2.91. The first-order valence-corrected chi connectivity index (χ1v) is 5.64. The fourth-order valence-corrected chi connectivity index (χ4v) is 2.62. The molecule has 1 atom stereocenters. The van der Waals surface area contributed by atoms with Gasteiger partial charge in [-0.15, -0.1) is 0 Å². The van der Waals surface area contributed by atoms with Crippen molar-refractivity contribution in [2.75, 3.05) is 26.8 Å². The minimum Gasteiger partial charge on any atom is -0.381 e. The van der Waals surface area contributed by atoms with Crippen LogP contribution in [0.1, 0.15) is 25.7 Å². The van der Waals surface area contributed by atoms with Crippen molar-refractivity contribution in [1.82, 2.24) is 5.32 Å². The van der Waals surface area contributed by atoms with E-state index >= 15 is 0 Å². The van der Waals surface area contributed by atoms with E-state index in [9.17, 15) is 0 Å². The van der Waals surface area contributed by atoms with Crippen LogP contribution in [-0.2, 0) is 4.74 Å². The second-order valence-electron chi connectivity index (χ2n) is 4.51. The van der Waals surface area contributed by atoms with Crippen molar-refractivity contribution in [3.05, 3.63) is 0 Å². The molecule has 76 valence electrons. The van der Waals surface area contributed by atoms with Gasteiger partial charge in [0, 0.05) is 13.2 Å². The van der Waals surface area contributed by atoms with Crippen LogP contribution in [0.4, 0.5) is 0 Å². The summed E-state index contributed by atoms with van der Waals surface area (Å²) in [6.45, 7) is 3.21. The third-order valence-corrected chi connectivity index (χ3v) is 3.54. The summed E-state index contributed by atoms with van der Waals surface area (Å²) in [6, 6.07) is 0. The van der Waals surface area contributed by atoms with Gasteiger partial charge >= 0.3 is 0 Å². The Morgan fingerprint density at radius 2 is 1.77 bits per heavy atom. The van der Waals surface area contributed by atoms with E-state index in [2.05, 4.69) is 12.4 Å². The molecule has 0 aromatic carbocycles. The predicted molar refractivity (Wildman–Crippen MR) is 53.7 cm³/mol. The molecule has 1 N–H and O–H groups in total. The molecule has 0 radical (unpaired) electrons. The average molecular weight is 183 g/mol. The molecule has 2 fully saturated rings. The normalized spacial score (nSPS) is 27.5. The van der Waals surface area contributed by atoms with Crippen LogP contribution in [0.2, 0.25) is 0 Å². The van der Waals surface area contributed by atoms with Crippen LogP contribution < -0.4 is 5.32 Å². The van der Waals surface area contributed by atoms with E-state index in [0.29, 0.717) is 0 Å². The predicted octanol–water partition coefficient (Wildman–Crippen LogP) is 1.66. The lowest BCUT2D eigenvalue weighted by atomic mass is 9.82. The third kappa shape index (κ3) is 2.44. The first-order valence-electron chi connectivity index (χ1n) is 5.64. The molecular weight excluding hydrogens is 162 g/mol. The van der Waals surface area contributed by atoms with Gasteiger partial charge in [0.1, 0.15) is 0 Å². The van der Waals surface area contributed by atoms with Crippen molar-refractivity contribution in [3.63, 3.8) is 0 Å². The Labute approximate surface area is 81.0 Å². The van der Waals surface area contributed by atoms with Gasteiger partial charge in [-0.3, -0.25) is 0 Å². The topological polar surface area (TPSA) is 21.3 Å². The summed E-state index contributed by atoms with van der Waals surface area (Å²) in [5.41, 5.74) is 0. The molecule has 1 saturated carbocycles. The van der Waals surface area contributed by atoms with Gasteiger partial charge in [0.05, 0.1) is 0 Å². The zero-order valence-corrected chi connectivity index (χ0v) is 8.59. The Morgan fingerprint density at radius 1 is 1.15 bits per heavy atom. The lowest BCUT2D eigenvalue weighted by Crippen LogP contribution is -2.31. The quantitative estimate of drug-likeness (QED) is 0.715. The summed E-state index contributed by atoms with van der Waals surface area (Å²) in [5, 5.41) is 3.35. The largest absolute Gasteiger partial charge is 0.381 e. The standard InChI is InChI=1S/C11H21NO/c1-12-8-11(9-2-3-9)10-4-6-13-7-5-10/h9-12H,2-8H2,1H3. The molecule has 2 aliphatic rings. The molecule has 0 aromatic heterocycles. The fourth-order valence-electron chi connectivity index (χ4n) is 2.62. The maximum atomic E-state index is 5.41. The highest BCUT2D eigenvalue weighted by atomic mass is 16.5. The lowest BCUT2D eigenvalue weighted by molar-refractivity contribution is 0.0427. The SMILES string of the molecule is CNCC(C1CCOCC1)C1CC1. The zero-order chi connectivity index (χ0) is 9.10. The van der Waals surface area contributed by atoms with Crippen molar-refractivity contribution < 1.29 is 4.74 Å². The summed E-state index contributed by atoms with van der Waals surface area (Å²) < 4.78 is 5.41. The van der Waals surface area contributed by atoms with Crippen LogP contribution in [0.25, 0.3) is 0 Å². The van der Waals surface area contributed by atoms with Gasteiger partial charge in [-0.05, 0) is 57.0 Å². The van der Waals surface area contributed by atoms with E-state index in [-0.39, 0.29) is 0 Å². The van der Waals surface area contributed by atoms with E-state index in [1.165, 1.54) is 32.2 Å². The average Bonchev–Trinajstić information content (AvgIpc) is 2.99. The number of nitrogens with one attached hydrogen (secondary N) is 1. The maximum Gasteiger partial charge on any atom is 0.0468 e. The summed E-state index contributed by atoms with van der Waals surface area (Å²) in [6.07, 6.45) is 5.54. The molecule has 0 amide bonds. The van der Waals surface area contributed by atoms with Crippen molar-refractivity contribution >= 4 is 0 Å². The molecule has 2 heteroatoms. The summed E-state index contributed by atoms with van der Waals surface area (Å²) >= 11 is 0. The molecule has 1 aliphatic heterocycles. The van der Waals surface area contributed by atoms with Crippen molar-refractivity contribution in [2.45, 2.75) is 25.7 Å². The smallest absolute Gasteiger partial charge is 0.0468 e. The highest BCUT2D eigenvalue weighted by molar-refractivity contribution is 4.87. The highest BCUT2D eigenvalue weighted by Crippen LogP contribution is 2.42. The Kier molecular flexibility index (Phi) is 3.23. The van der Waals surface area contributed by atoms with E-state index in [0.717, 1.165) is 31.0 Å². The molecule has 2 nitrogen and oxygen atoms in total. The van der Waals surface area contributed by atoms with Gasteiger partial charge in [-0.2, -0.15) is 0 Å². The fraction of sp³-hybridized carbons (Fsp3) is 1.00. The van der Waals surface area contributed by atoms with Gasteiger partial charge in [0.25, 0.3) is 0 Å². The highest BCUT2D eigenvalue weighted by Gasteiger charge is 2.36. The Balaban J connectivity index is 1.84. The van der Waals surface area contributed by atoms with Crippen molar-refractivity contribution in [3.8, 4) is 0 Å². The van der Waals surface area contributed by atoms with E-state index in [1.54, 1.807) is 0 Å². The van der Waals surface area contributed by atoms with Gasteiger partial charge in [0.2, 0.25) is 0 Å². The molecule has 1 saturated heterocycles. The van der Waals surface area contributed by atoms with Crippen LogP contribution in [0, 0.1) is 17.8 Å². The molecule has 0 bridgehead atoms. The maximum absolute atomic E-state index is 5.41. The van der Waals surface area contributed by atoms with Gasteiger partial charge < -0.3 is 10.1 Å². The minimum atomic E-state index is 0.939. The van der Waals surface area contributed by atoms with Crippen LogP contribution >= 0.6 is 0 Å². The van der Waals surface area contributed by atoms with E-state index in [4.69, 9.17) is 4.74 Å². The molecule has 13 heavy (non-hydrogen) atoms. The van der Waals surface area contributed by atoms with Crippen LogP contribution in [0.15, 0.2) is 0 Å². The number of hydrogen-bond donors (Lipinski definition) is 1. The Hall–Kier alpha value is -0.0800. The molecular formula is C11H21NO. The molecule has 1 aliphatic carbocycles. The second kappa shape index (κ2) is 4.43. The number of hydrogen-bond acceptors (Lipinski definition) is 2. The molecule has 2 rings (SSSR count). The molecule has 0 aromatic rings. The van der Waals surface area contributed by atoms with E-state index < -0.39 is 0 Å².